The average Bonchev–Trinajstić information content (AvgIpc) is 2.55. The van der Waals surface area contributed by atoms with E-state index in [4.69, 9.17) is 17.0 Å². The van der Waals surface area contributed by atoms with E-state index in [0.29, 0.717) is 17.9 Å². The zero-order chi connectivity index (χ0) is 17.4. The maximum Gasteiger partial charge on any atom is 0.257 e. The van der Waals surface area contributed by atoms with E-state index in [1.54, 1.807) is 42.5 Å². The highest BCUT2D eigenvalue weighted by Crippen LogP contribution is 2.15. The molecule has 24 heavy (non-hydrogen) atoms. The number of hydrogen-bond donors (Lipinski definition) is 3. The van der Waals surface area contributed by atoms with Crippen LogP contribution in [0.3, 0.4) is 0 Å². The van der Waals surface area contributed by atoms with Gasteiger partial charge in [-0.15, -0.1) is 0 Å². The van der Waals surface area contributed by atoms with Crippen LogP contribution in [0.4, 0.5) is 5.69 Å². The van der Waals surface area contributed by atoms with E-state index in [9.17, 15) is 9.90 Å². The number of amides is 1. The number of aromatic hydroxyl groups is 1. The first-order valence-corrected chi connectivity index (χ1v) is 8.13. The molecule has 0 fully saturated rings. The molecule has 0 atom stereocenters. The lowest BCUT2D eigenvalue weighted by Gasteiger charge is -2.10. The minimum Gasteiger partial charge on any atom is -0.508 e. The molecule has 2 rings (SSSR count). The Hall–Kier alpha value is -2.60. The normalized spacial score (nSPS) is 10.0. The molecule has 0 heterocycles. The molecule has 2 aromatic rings. The standard InChI is InChI=1S/C18H20N2O3S/c1-2-3-11-23-16-9-7-13(8-10-16)17(22)20-18(24)19-14-5-4-6-15(21)12-14/h4-10,12,21H,2-3,11H2,1H3,(H2,19,20,22,24). The van der Waals surface area contributed by atoms with Crippen LogP contribution in [0.2, 0.25) is 0 Å². The Kier molecular flexibility index (Phi) is 6.57. The highest BCUT2D eigenvalue weighted by atomic mass is 32.1. The molecule has 0 aliphatic carbocycles. The zero-order valence-electron chi connectivity index (χ0n) is 13.4. The number of unbranched alkanes of at least 4 members (excludes halogenated alkanes) is 1. The number of rotatable bonds is 6. The largest absolute Gasteiger partial charge is 0.508 e. The number of thiocarbonyl (C=S) groups is 1. The number of nitrogens with one attached hydrogen (secondary N) is 2. The average molecular weight is 344 g/mol. The number of ether oxygens (including phenoxy) is 1. The van der Waals surface area contributed by atoms with Crippen molar-refractivity contribution in [3.63, 3.8) is 0 Å². The van der Waals surface area contributed by atoms with Crippen LogP contribution in [0.1, 0.15) is 30.1 Å². The number of phenols is 1. The van der Waals surface area contributed by atoms with Crippen molar-refractivity contribution in [2.75, 3.05) is 11.9 Å². The van der Waals surface area contributed by atoms with Crippen molar-refractivity contribution in [1.29, 1.82) is 0 Å². The van der Waals surface area contributed by atoms with E-state index in [0.717, 1.165) is 18.6 Å². The Bertz CT molecular complexity index is 702. The molecule has 0 saturated carbocycles. The van der Waals surface area contributed by atoms with Gasteiger partial charge in [0.05, 0.1) is 6.61 Å². The highest BCUT2D eigenvalue weighted by Gasteiger charge is 2.08. The molecule has 1 amide bonds. The Morgan fingerprint density at radius 3 is 2.62 bits per heavy atom. The summed E-state index contributed by atoms with van der Waals surface area (Å²) in [6, 6.07) is 13.4. The summed E-state index contributed by atoms with van der Waals surface area (Å²) in [5, 5.41) is 15.0. The minimum atomic E-state index is -0.312. The van der Waals surface area contributed by atoms with E-state index >= 15 is 0 Å². The predicted molar refractivity (Wildman–Crippen MR) is 98.6 cm³/mol. The zero-order valence-corrected chi connectivity index (χ0v) is 14.2. The lowest BCUT2D eigenvalue weighted by Crippen LogP contribution is -2.34. The maximum atomic E-state index is 12.2. The van der Waals surface area contributed by atoms with Crippen LogP contribution in [-0.2, 0) is 0 Å². The molecule has 0 aliphatic heterocycles. The van der Waals surface area contributed by atoms with Crippen LogP contribution in [0.5, 0.6) is 11.5 Å². The SMILES string of the molecule is CCCCOc1ccc(C(=O)NC(=S)Nc2cccc(O)c2)cc1. The topological polar surface area (TPSA) is 70.6 Å². The van der Waals surface area contributed by atoms with Crippen LogP contribution < -0.4 is 15.4 Å². The second kappa shape index (κ2) is 8.88. The monoisotopic (exact) mass is 344 g/mol. The number of benzene rings is 2. The van der Waals surface area contributed by atoms with E-state index in [-0.39, 0.29) is 16.8 Å². The fourth-order valence-corrected chi connectivity index (χ4v) is 2.17. The van der Waals surface area contributed by atoms with Gasteiger partial charge in [0.2, 0.25) is 0 Å². The van der Waals surface area contributed by atoms with Crippen molar-refractivity contribution < 1.29 is 14.6 Å². The maximum absolute atomic E-state index is 12.2. The van der Waals surface area contributed by atoms with E-state index < -0.39 is 0 Å². The quantitative estimate of drug-likeness (QED) is 0.551. The molecule has 5 nitrogen and oxygen atoms in total. The summed E-state index contributed by atoms with van der Waals surface area (Å²) in [6.45, 7) is 2.77. The van der Waals surface area contributed by atoms with Gasteiger partial charge in [0, 0.05) is 17.3 Å². The molecular formula is C18H20N2O3S. The van der Waals surface area contributed by atoms with Crippen molar-refractivity contribution in [3.05, 3.63) is 54.1 Å². The molecule has 6 heteroatoms. The van der Waals surface area contributed by atoms with Crippen LogP contribution in [0, 0.1) is 0 Å². The second-order valence-corrected chi connectivity index (χ2v) is 5.59. The van der Waals surface area contributed by atoms with E-state index in [1.807, 2.05) is 0 Å². The Labute approximate surface area is 146 Å². The van der Waals surface area contributed by atoms with Gasteiger partial charge in [0.1, 0.15) is 11.5 Å². The van der Waals surface area contributed by atoms with Crippen molar-refractivity contribution in [3.8, 4) is 11.5 Å². The molecule has 0 aliphatic rings. The van der Waals surface area contributed by atoms with Crippen LogP contribution >= 0.6 is 12.2 Å². The lowest BCUT2D eigenvalue weighted by atomic mass is 10.2. The number of carbonyl (C=O) groups is 1. The molecule has 126 valence electrons. The van der Waals surface area contributed by atoms with E-state index in [1.165, 1.54) is 6.07 Å². The Morgan fingerprint density at radius 1 is 1.21 bits per heavy atom. The number of phenolic OH excluding ortho intramolecular Hbond substituents is 1. The molecule has 0 aromatic heterocycles. The summed E-state index contributed by atoms with van der Waals surface area (Å²) in [6.07, 6.45) is 2.07. The van der Waals surface area contributed by atoms with Crippen molar-refractivity contribution in [2.45, 2.75) is 19.8 Å². The number of anilines is 1. The first-order chi connectivity index (χ1) is 11.6. The summed E-state index contributed by atoms with van der Waals surface area (Å²) >= 11 is 5.10. The third kappa shape index (κ3) is 5.55. The van der Waals surface area contributed by atoms with Gasteiger partial charge in [0.15, 0.2) is 5.11 Å². The van der Waals surface area contributed by atoms with E-state index in [2.05, 4.69) is 17.6 Å². The van der Waals surface area contributed by atoms with Crippen molar-refractivity contribution in [1.82, 2.24) is 5.32 Å². The molecule has 0 radical (unpaired) electrons. The van der Waals surface area contributed by atoms with Crippen LogP contribution in [0.15, 0.2) is 48.5 Å². The predicted octanol–water partition coefficient (Wildman–Crippen LogP) is 3.70. The Morgan fingerprint density at radius 2 is 1.96 bits per heavy atom. The third-order valence-electron chi connectivity index (χ3n) is 3.21. The summed E-state index contributed by atoms with van der Waals surface area (Å²) < 4.78 is 5.56. The van der Waals surface area contributed by atoms with Gasteiger partial charge in [-0.05, 0) is 55.0 Å². The molecule has 0 saturated heterocycles. The molecule has 0 bridgehead atoms. The number of hydrogen-bond acceptors (Lipinski definition) is 4. The van der Waals surface area contributed by atoms with Gasteiger partial charge in [0.25, 0.3) is 5.91 Å². The highest BCUT2D eigenvalue weighted by molar-refractivity contribution is 7.80. The minimum absolute atomic E-state index is 0.118. The van der Waals surface area contributed by atoms with Gasteiger partial charge >= 0.3 is 0 Å². The van der Waals surface area contributed by atoms with Gasteiger partial charge in [-0.2, -0.15) is 0 Å². The summed E-state index contributed by atoms with van der Waals surface area (Å²) in [5.74, 6) is 0.543. The molecule has 2 aromatic carbocycles. The summed E-state index contributed by atoms with van der Waals surface area (Å²) in [5.41, 5.74) is 1.08. The smallest absolute Gasteiger partial charge is 0.257 e. The fourth-order valence-electron chi connectivity index (χ4n) is 1.96. The second-order valence-electron chi connectivity index (χ2n) is 5.18. The first-order valence-electron chi connectivity index (χ1n) is 7.72. The third-order valence-corrected chi connectivity index (χ3v) is 3.42. The van der Waals surface area contributed by atoms with Gasteiger partial charge in [-0.1, -0.05) is 19.4 Å². The summed E-state index contributed by atoms with van der Waals surface area (Å²) in [7, 11) is 0. The number of carbonyl (C=O) groups excluding carboxylic acids is 1. The molecule has 0 spiro atoms. The Balaban J connectivity index is 1.88. The van der Waals surface area contributed by atoms with Crippen LogP contribution in [-0.4, -0.2) is 22.7 Å². The van der Waals surface area contributed by atoms with Crippen molar-refractivity contribution in [2.24, 2.45) is 0 Å². The first kappa shape index (κ1) is 17.7. The van der Waals surface area contributed by atoms with Crippen LogP contribution in [0.25, 0.3) is 0 Å². The molecule has 3 N–H and O–H groups in total. The lowest BCUT2D eigenvalue weighted by molar-refractivity contribution is 0.0977. The van der Waals surface area contributed by atoms with Gasteiger partial charge in [-0.3, -0.25) is 10.1 Å². The van der Waals surface area contributed by atoms with Gasteiger partial charge < -0.3 is 15.2 Å². The molecular weight excluding hydrogens is 324 g/mol. The summed E-state index contributed by atoms with van der Waals surface area (Å²) in [4.78, 5) is 12.2. The van der Waals surface area contributed by atoms with Crippen molar-refractivity contribution >= 4 is 28.9 Å². The molecule has 0 unspecified atom stereocenters. The fraction of sp³-hybridized carbons (Fsp3) is 0.222. The van der Waals surface area contributed by atoms with Gasteiger partial charge in [-0.25, -0.2) is 0 Å².